The van der Waals surface area contributed by atoms with E-state index < -0.39 is 4.92 Å². The van der Waals surface area contributed by atoms with Crippen LogP contribution in [0, 0.1) is 10.1 Å². The van der Waals surface area contributed by atoms with Gasteiger partial charge in [-0.2, -0.15) is 0 Å². The summed E-state index contributed by atoms with van der Waals surface area (Å²) in [5, 5.41) is 20.6. The molecule has 2 rings (SSSR count). The fraction of sp³-hybridized carbons (Fsp3) is 0.455. The predicted molar refractivity (Wildman–Crippen MR) is 63.0 cm³/mol. The molecule has 6 nitrogen and oxygen atoms in total. The fourth-order valence-corrected chi connectivity index (χ4v) is 1.72. The molecule has 90 valence electrons. The highest BCUT2D eigenvalue weighted by Crippen LogP contribution is 2.19. The average Bonchev–Trinajstić information content (AvgIpc) is 2.38. The molecule has 1 aliphatic heterocycles. The minimum Gasteiger partial charge on any atom is -0.278 e. The van der Waals surface area contributed by atoms with Crippen LogP contribution >= 0.6 is 0 Å². The Morgan fingerprint density at radius 2 is 1.76 bits per heavy atom. The third-order valence-corrected chi connectivity index (χ3v) is 2.68. The molecule has 0 unspecified atom stereocenters. The van der Waals surface area contributed by atoms with Crippen LogP contribution in [0.5, 0.6) is 0 Å². The van der Waals surface area contributed by atoms with Crippen molar-refractivity contribution in [1.82, 2.24) is 5.01 Å². The number of nitro groups is 1. The first-order valence-corrected chi connectivity index (χ1v) is 5.67. The van der Waals surface area contributed by atoms with Gasteiger partial charge in [-0.05, 0) is 31.4 Å². The van der Waals surface area contributed by atoms with Gasteiger partial charge in [-0.1, -0.05) is 5.22 Å². The average molecular weight is 234 g/mol. The molecule has 1 saturated heterocycles. The van der Waals surface area contributed by atoms with E-state index in [-0.39, 0.29) is 5.69 Å². The summed E-state index contributed by atoms with van der Waals surface area (Å²) in [5.41, 5.74) is 0.711. The van der Waals surface area contributed by atoms with Gasteiger partial charge in [-0.15, -0.1) is 5.11 Å². The van der Waals surface area contributed by atoms with Crippen molar-refractivity contribution in [3.8, 4) is 0 Å². The zero-order valence-corrected chi connectivity index (χ0v) is 9.45. The van der Waals surface area contributed by atoms with E-state index in [1.807, 2.05) is 5.01 Å². The third kappa shape index (κ3) is 3.24. The van der Waals surface area contributed by atoms with Crippen molar-refractivity contribution in [1.29, 1.82) is 0 Å². The molecule has 1 aliphatic rings. The van der Waals surface area contributed by atoms with E-state index in [0.29, 0.717) is 5.69 Å². The second-order valence-electron chi connectivity index (χ2n) is 3.98. The van der Waals surface area contributed by atoms with Crippen molar-refractivity contribution in [3.63, 3.8) is 0 Å². The maximum atomic E-state index is 10.5. The molecule has 0 N–H and O–H groups in total. The van der Waals surface area contributed by atoms with Crippen molar-refractivity contribution in [2.75, 3.05) is 13.1 Å². The predicted octanol–water partition coefficient (Wildman–Crippen LogP) is 3.08. The van der Waals surface area contributed by atoms with Crippen molar-refractivity contribution in [2.24, 2.45) is 10.3 Å². The number of hydrogen-bond donors (Lipinski definition) is 0. The Morgan fingerprint density at radius 3 is 2.35 bits per heavy atom. The Hall–Kier alpha value is -1.98. The molecule has 0 radical (unpaired) electrons. The summed E-state index contributed by atoms with van der Waals surface area (Å²) < 4.78 is 0. The van der Waals surface area contributed by atoms with Gasteiger partial charge < -0.3 is 0 Å². The van der Waals surface area contributed by atoms with E-state index in [1.54, 1.807) is 12.1 Å². The smallest absolute Gasteiger partial charge is 0.269 e. The fourth-order valence-electron chi connectivity index (χ4n) is 1.72. The van der Waals surface area contributed by atoms with Gasteiger partial charge in [0.05, 0.1) is 10.6 Å². The summed E-state index contributed by atoms with van der Waals surface area (Å²) in [5.74, 6) is 0. The Kier molecular flexibility index (Phi) is 3.64. The summed E-state index contributed by atoms with van der Waals surface area (Å²) in [4.78, 5) is 10.0. The van der Waals surface area contributed by atoms with Crippen LogP contribution in [0.2, 0.25) is 0 Å². The normalized spacial score (nSPS) is 16.4. The molecule has 1 heterocycles. The van der Waals surface area contributed by atoms with Crippen LogP contribution in [-0.4, -0.2) is 23.0 Å². The van der Waals surface area contributed by atoms with E-state index in [1.165, 1.54) is 18.6 Å². The summed E-state index contributed by atoms with van der Waals surface area (Å²) in [6.07, 6.45) is 3.56. The zero-order chi connectivity index (χ0) is 12.1. The van der Waals surface area contributed by atoms with Crippen LogP contribution in [0.3, 0.4) is 0 Å². The maximum absolute atomic E-state index is 10.5. The molecule has 0 amide bonds. The van der Waals surface area contributed by atoms with Crippen LogP contribution in [0.4, 0.5) is 11.4 Å². The van der Waals surface area contributed by atoms with E-state index >= 15 is 0 Å². The van der Waals surface area contributed by atoms with Crippen LogP contribution < -0.4 is 0 Å². The Labute approximate surface area is 99.1 Å². The highest BCUT2D eigenvalue weighted by Gasteiger charge is 2.07. The van der Waals surface area contributed by atoms with E-state index in [2.05, 4.69) is 10.3 Å². The molecule has 0 aromatic heterocycles. The van der Waals surface area contributed by atoms with Crippen LogP contribution in [0.1, 0.15) is 19.3 Å². The van der Waals surface area contributed by atoms with Gasteiger partial charge in [-0.25, -0.2) is 0 Å². The third-order valence-electron chi connectivity index (χ3n) is 2.68. The van der Waals surface area contributed by atoms with Crippen LogP contribution in [0.25, 0.3) is 0 Å². The SMILES string of the molecule is O=[N+]([O-])c1ccc(/N=N/N2CCCCC2)cc1. The molecular formula is C11H14N4O2. The number of piperidine rings is 1. The highest BCUT2D eigenvalue weighted by atomic mass is 16.6. The lowest BCUT2D eigenvalue weighted by atomic mass is 10.2. The molecule has 0 spiro atoms. The number of benzene rings is 1. The number of nitrogens with zero attached hydrogens (tertiary/aromatic N) is 4. The molecule has 1 fully saturated rings. The number of non-ortho nitro benzene ring substituents is 1. The Bertz CT molecular complexity index is 410. The molecule has 1 aromatic rings. The van der Waals surface area contributed by atoms with Crippen molar-refractivity contribution in [3.05, 3.63) is 34.4 Å². The maximum Gasteiger partial charge on any atom is 0.269 e. The van der Waals surface area contributed by atoms with Gasteiger partial charge in [0, 0.05) is 25.2 Å². The lowest BCUT2D eigenvalue weighted by Crippen LogP contribution is -2.23. The summed E-state index contributed by atoms with van der Waals surface area (Å²) in [7, 11) is 0. The van der Waals surface area contributed by atoms with E-state index in [4.69, 9.17) is 0 Å². The highest BCUT2D eigenvalue weighted by molar-refractivity contribution is 5.43. The van der Waals surface area contributed by atoms with Crippen molar-refractivity contribution < 1.29 is 4.92 Å². The monoisotopic (exact) mass is 234 g/mol. The standard InChI is InChI=1S/C11H14N4O2/c16-15(17)11-6-4-10(5-7-11)12-13-14-8-2-1-3-9-14/h4-7H,1-3,8-9H2/b13-12+. The number of nitro benzene ring substituents is 1. The first kappa shape index (κ1) is 11.5. The second kappa shape index (κ2) is 5.38. The quantitative estimate of drug-likeness (QED) is 0.458. The summed E-state index contributed by atoms with van der Waals surface area (Å²) in [6.45, 7) is 1.88. The Balaban J connectivity index is 1.98. The molecule has 1 aromatic carbocycles. The van der Waals surface area contributed by atoms with Gasteiger partial charge in [0.2, 0.25) is 0 Å². The molecule has 17 heavy (non-hydrogen) atoms. The van der Waals surface area contributed by atoms with E-state index in [0.717, 1.165) is 25.9 Å². The Morgan fingerprint density at radius 1 is 1.12 bits per heavy atom. The van der Waals surface area contributed by atoms with Crippen molar-refractivity contribution in [2.45, 2.75) is 19.3 Å². The van der Waals surface area contributed by atoms with Gasteiger partial charge in [0.1, 0.15) is 0 Å². The van der Waals surface area contributed by atoms with Gasteiger partial charge in [-0.3, -0.25) is 15.1 Å². The summed E-state index contributed by atoms with van der Waals surface area (Å²) in [6, 6.07) is 6.08. The van der Waals surface area contributed by atoms with Crippen LogP contribution in [-0.2, 0) is 0 Å². The van der Waals surface area contributed by atoms with Gasteiger partial charge in [0.25, 0.3) is 5.69 Å². The van der Waals surface area contributed by atoms with Crippen molar-refractivity contribution >= 4 is 11.4 Å². The van der Waals surface area contributed by atoms with Gasteiger partial charge in [0.15, 0.2) is 0 Å². The molecule has 0 saturated carbocycles. The van der Waals surface area contributed by atoms with E-state index in [9.17, 15) is 10.1 Å². The minimum absolute atomic E-state index is 0.0712. The summed E-state index contributed by atoms with van der Waals surface area (Å²) >= 11 is 0. The minimum atomic E-state index is -0.425. The second-order valence-corrected chi connectivity index (χ2v) is 3.98. The molecule has 0 atom stereocenters. The molecule has 6 heteroatoms. The molecule has 0 aliphatic carbocycles. The molecular weight excluding hydrogens is 220 g/mol. The number of hydrogen-bond acceptors (Lipinski definition) is 4. The lowest BCUT2D eigenvalue weighted by molar-refractivity contribution is -0.384. The number of rotatable bonds is 3. The largest absolute Gasteiger partial charge is 0.278 e. The van der Waals surface area contributed by atoms with Crippen LogP contribution in [0.15, 0.2) is 34.6 Å². The van der Waals surface area contributed by atoms with Gasteiger partial charge >= 0.3 is 0 Å². The zero-order valence-electron chi connectivity index (χ0n) is 9.45. The topological polar surface area (TPSA) is 71.1 Å². The first-order valence-electron chi connectivity index (χ1n) is 5.67. The first-order chi connectivity index (χ1) is 8.25. The molecule has 0 bridgehead atoms. The lowest BCUT2D eigenvalue weighted by Gasteiger charge is -2.21.